The van der Waals surface area contributed by atoms with E-state index in [-0.39, 0.29) is 28.5 Å². The van der Waals surface area contributed by atoms with Gasteiger partial charge in [0, 0.05) is 19.2 Å². The number of benzene rings is 1. The smallest absolute Gasteiger partial charge is 0.459 e. The fourth-order valence-corrected chi connectivity index (χ4v) is 5.79. The molecule has 1 aromatic carbocycles. The number of nitrogens with zero attached hydrogens (tertiary/aromatic N) is 5. The lowest BCUT2D eigenvalue weighted by Crippen LogP contribution is -2.41. The highest BCUT2D eigenvalue weighted by molar-refractivity contribution is 7.52. The van der Waals surface area contributed by atoms with E-state index in [4.69, 9.17) is 24.3 Å². The number of aliphatic hydroxyl groups excluding tert-OH is 1. The number of imidazole rings is 1. The monoisotopic (exact) mass is 626 g/mol. The summed E-state index contributed by atoms with van der Waals surface area (Å²) in [6.07, 6.45) is -3.88. The molecule has 0 unspecified atom stereocenters. The van der Waals surface area contributed by atoms with E-state index in [1.54, 1.807) is 20.9 Å². The van der Waals surface area contributed by atoms with Crippen LogP contribution in [0.1, 0.15) is 33.9 Å². The van der Waals surface area contributed by atoms with Crippen LogP contribution in [-0.2, 0) is 23.4 Å². The standard InChI is InChI=1S/C24H32FN8O9P/c1-12(2)40-21(35)13(3)31-43(38,42-15-8-6-14(7-9-15)33(36)37)39-10-16-18(34)24(4,25)22(41-16)32-11-28-17-19(27-5)29-23(26)30-20(17)32/h6-9,11-13,16,18,22,34H,10H2,1-5H3,(H,31,38)(H3,26,27,29,30)/t13-,16+,18+,22+,24+,43-/m0/s1. The molecule has 0 saturated carbocycles. The molecule has 6 atom stereocenters. The van der Waals surface area contributed by atoms with Crippen LogP contribution in [-0.4, -0.2) is 79.2 Å². The van der Waals surface area contributed by atoms with Crippen LogP contribution in [0.25, 0.3) is 11.2 Å². The Labute approximate surface area is 244 Å². The number of rotatable bonds is 12. The number of nitro benzene ring substituents is 1. The molecular weight excluding hydrogens is 594 g/mol. The predicted molar refractivity (Wildman–Crippen MR) is 150 cm³/mol. The van der Waals surface area contributed by atoms with Gasteiger partial charge in [0.25, 0.3) is 5.69 Å². The summed E-state index contributed by atoms with van der Waals surface area (Å²) in [7, 11) is -2.89. The summed E-state index contributed by atoms with van der Waals surface area (Å²) in [4.78, 5) is 35.2. The Kier molecular flexibility index (Phi) is 9.17. The van der Waals surface area contributed by atoms with Crippen LogP contribution in [0.15, 0.2) is 30.6 Å². The second kappa shape index (κ2) is 12.3. The van der Waals surface area contributed by atoms with Gasteiger partial charge in [-0.1, -0.05) is 0 Å². The number of aromatic nitrogens is 4. The number of aliphatic hydroxyl groups is 1. The second-order valence-electron chi connectivity index (χ2n) is 10.1. The molecule has 0 spiro atoms. The van der Waals surface area contributed by atoms with Gasteiger partial charge in [0.15, 0.2) is 28.9 Å². The maximum atomic E-state index is 16.0. The first-order chi connectivity index (χ1) is 20.1. The number of hydrogen-bond acceptors (Lipinski definition) is 14. The Morgan fingerprint density at radius 3 is 2.60 bits per heavy atom. The first kappa shape index (κ1) is 32.0. The lowest BCUT2D eigenvalue weighted by Gasteiger charge is -2.25. The molecule has 2 aromatic heterocycles. The zero-order valence-electron chi connectivity index (χ0n) is 23.8. The number of nitrogens with one attached hydrogen (secondary N) is 2. The fraction of sp³-hybridized carbons (Fsp3) is 0.500. The maximum absolute atomic E-state index is 16.0. The van der Waals surface area contributed by atoms with Crippen LogP contribution >= 0.6 is 7.75 Å². The summed E-state index contributed by atoms with van der Waals surface area (Å²) >= 11 is 0. The molecular formula is C24H32FN8O9P. The Morgan fingerprint density at radius 2 is 2.00 bits per heavy atom. The van der Waals surface area contributed by atoms with Gasteiger partial charge in [-0.2, -0.15) is 15.1 Å². The van der Waals surface area contributed by atoms with Gasteiger partial charge in [0.1, 0.15) is 24.0 Å². The molecule has 0 aliphatic carbocycles. The average Bonchev–Trinajstić information content (AvgIpc) is 3.44. The summed E-state index contributed by atoms with van der Waals surface area (Å²) in [5, 5.41) is 27.1. The van der Waals surface area contributed by atoms with Gasteiger partial charge < -0.3 is 30.2 Å². The molecule has 0 bridgehead atoms. The molecule has 1 aliphatic heterocycles. The van der Waals surface area contributed by atoms with E-state index in [0.29, 0.717) is 5.82 Å². The molecule has 17 nitrogen and oxygen atoms in total. The number of non-ortho nitro benzene ring substituents is 1. The summed E-state index contributed by atoms with van der Waals surface area (Å²) in [6, 6.07) is 3.39. The number of ether oxygens (including phenoxy) is 2. The van der Waals surface area contributed by atoms with Crippen molar-refractivity contribution in [2.75, 3.05) is 24.7 Å². The third kappa shape index (κ3) is 6.83. The molecule has 5 N–H and O–H groups in total. The minimum atomic E-state index is -4.49. The SMILES string of the molecule is CNc1nc(N)nc2c1ncn2[C@@H]1O[C@H](CO[P@@](=O)(N[C@@H](C)C(=O)OC(C)C)Oc2ccc([N+](=O)[O-])cc2)[C@@H](O)[C@@]1(C)F. The number of anilines is 2. The Hall–Kier alpha value is -3.96. The highest BCUT2D eigenvalue weighted by Gasteiger charge is 2.56. The Balaban J connectivity index is 1.58. The van der Waals surface area contributed by atoms with Gasteiger partial charge in [-0.3, -0.25) is 24.0 Å². The lowest BCUT2D eigenvalue weighted by atomic mass is 9.98. The molecule has 43 heavy (non-hydrogen) atoms. The van der Waals surface area contributed by atoms with Crippen molar-refractivity contribution in [1.29, 1.82) is 0 Å². The molecule has 1 fully saturated rings. The highest BCUT2D eigenvalue weighted by atomic mass is 31.2. The topological polar surface area (TPSA) is 228 Å². The zero-order chi connectivity index (χ0) is 31.7. The van der Waals surface area contributed by atoms with Gasteiger partial charge in [0.05, 0.1) is 24.0 Å². The van der Waals surface area contributed by atoms with Crippen molar-refractivity contribution < 1.29 is 42.3 Å². The largest absolute Gasteiger partial charge is 0.462 e. The lowest BCUT2D eigenvalue weighted by molar-refractivity contribution is -0.384. The number of nitrogen functional groups attached to an aromatic ring is 1. The molecule has 4 rings (SSSR count). The Bertz CT molecular complexity index is 1540. The number of esters is 1. The van der Waals surface area contributed by atoms with Gasteiger partial charge in [-0.05, 0) is 39.8 Å². The molecule has 1 saturated heterocycles. The zero-order valence-corrected chi connectivity index (χ0v) is 24.7. The van der Waals surface area contributed by atoms with E-state index in [0.717, 1.165) is 19.1 Å². The van der Waals surface area contributed by atoms with Crippen molar-refractivity contribution in [2.45, 2.75) is 63.9 Å². The van der Waals surface area contributed by atoms with Crippen molar-refractivity contribution in [3.05, 3.63) is 40.7 Å². The number of nitrogens with two attached hydrogens (primary N) is 1. The summed E-state index contributed by atoms with van der Waals surface area (Å²) in [6.45, 7) is 5.03. The third-order valence-electron chi connectivity index (χ3n) is 6.38. The number of nitro groups is 1. The van der Waals surface area contributed by atoms with E-state index < -0.39 is 61.5 Å². The van der Waals surface area contributed by atoms with Crippen molar-refractivity contribution in [3.8, 4) is 5.75 Å². The van der Waals surface area contributed by atoms with Crippen molar-refractivity contribution in [1.82, 2.24) is 24.6 Å². The van der Waals surface area contributed by atoms with Crippen molar-refractivity contribution >= 4 is 42.3 Å². The minimum Gasteiger partial charge on any atom is -0.462 e. The van der Waals surface area contributed by atoms with Crippen LogP contribution in [0, 0.1) is 10.1 Å². The van der Waals surface area contributed by atoms with Crippen LogP contribution < -0.4 is 20.7 Å². The van der Waals surface area contributed by atoms with Crippen LogP contribution in [0.2, 0.25) is 0 Å². The van der Waals surface area contributed by atoms with Crippen molar-refractivity contribution in [2.24, 2.45) is 0 Å². The van der Waals surface area contributed by atoms with Gasteiger partial charge in [0.2, 0.25) is 5.95 Å². The summed E-state index contributed by atoms with van der Waals surface area (Å²) in [5.41, 5.74) is 3.53. The van der Waals surface area contributed by atoms with Gasteiger partial charge >= 0.3 is 13.7 Å². The van der Waals surface area contributed by atoms with Crippen LogP contribution in [0.5, 0.6) is 5.75 Å². The second-order valence-corrected chi connectivity index (χ2v) is 11.8. The molecule has 3 heterocycles. The van der Waals surface area contributed by atoms with E-state index >= 15 is 4.39 Å². The number of carbonyl (C=O) groups excluding carboxylic acids is 1. The van der Waals surface area contributed by atoms with Gasteiger partial charge in [-0.15, -0.1) is 0 Å². The van der Waals surface area contributed by atoms with E-state index in [2.05, 4.69) is 25.4 Å². The average molecular weight is 627 g/mol. The number of fused-ring (bicyclic) bond motifs is 1. The summed E-state index contributed by atoms with van der Waals surface area (Å²) < 4.78 is 53.1. The quantitative estimate of drug-likeness (QED) is 0.0979. The maximum Gasteiger partial charge on any atom is 0.459 e. The number of hydrogen-bond donors (Lipinski definition) is 4. The first-order valence-electron chi connectivity index (χ1n) is 13.0. The number of halogens is 1. The fourth-order valence-electron chi connectivity index (χ4n) is 4.28. The molecule has 19 heteroatoms. The summed E-state index contributed by atoms with van der Waals surface area (Å²) in [5.74, 6) is -0.692. The van der Waals surface area contributed by atoms with Gasteiger partial charge in [-0.25, -0.2) is 13.9 Å². The van der Waals surface area contributed by atoms with E-state index in [9.17, 15) is 24.6 Å². The minimum absolute atomic E-state index is 0.102. The molecule has 234 valence electrons. The van der Waals surface area contributed by atoms with Crippen molar-refractivity contribution in [3.63, 3.8) is 0 Å². The third-order valence-corrected chi connectivity index (χ3v) is 8.03. The normalized spacial score (nSPS) is 24.0. The van der Waals surface area contributed by atoms with Crippen LogP contribution in [0.3, 0.4) is 0 Å². The van der Waals surface area contributed by atoms with Crippen LogP contribution in [0.4, 0.5) is 21.8 Å². The Morgan fingerprint density at radius 1 is 1.33 bits per heavy atom. The number of carbonyl (C=O) groups is 1. The first-order valence-corrected chi connectivity index (χ1v) is 14.6. The van der Waals surface area contributed by atoms with E-state index in [1.807, 2.05) is 0 Å². The molecule has 3 aromatic rings. The molecule has 0 amide bonds. The highest BCUT2D eigenvalue weighted by Crippen LogP contribution is 2.48. The van der Waals surface area contributed by atoms with E-state index in [1.165, 1.54) is 30.0 Å². The molecule has 0 radical (unpaired) electrons. The number of alkyl halides is 1. The predicted octanol–water partition coefficient (Wildman–Crippen LogP) is 2.48. The molecule has 1 aliphatic rings.